The van der Waals surface area contributed by atoms with Gasteiger partial charge in [0.1, 0.15) is 0 Å². The van der Waals surface area contributed by atoms with Crippen LogP contribution in [0.1, 0.15) is 18.4 Å². The fraction of sp³-hybridized carbons (Fsp3) is 0.412. The highest BCUT2D eigenvalue weighted by atomic mass is 19.4. The molecule has 0 aromatic heterocycles. The van der Waals surface area contributed by atoms with Crippen molar-refractivity contribution in [3.8, 4) is 0 Å². The largest absolute Gasteiger partial charge is 0.455 e. The van der Waals surface area contributed by atoms with Gasteiger partial charge >= 0.3 is 12.1 Å². The lowest BCUT2D eigenvalue weighted by Gasteiger charge is -2.16. The minimum Gasteiger partial charge on any atom is -0.455 e. The molecular weight excluding hydrogens is 323 g/mol. The Balaban J connectivity index is 1.47. The lowest BCUT2D eigenvalue weighted by Crippen LogP contribution is -2.26. The van der Waals surface area contributed by atoms with Crippen LogP contribution in [0.15, 0.2) is 36.4 Å². The van der Waals surface area contributed by atoms with Gasteiger partial charge in [0.15, 0.2) is 6.61 Å². The van der Waals surface area contributed by atoms with Gasteiger partial charge in [0, 0.05) is 5.69 Å². The van der Waals surface area contributed by atoms with Crippen molar-refractivity contribution in [1.29, 1.82) is 0 Å². The zero-order chi connectivity index (χ0) is 17.3. The predicted molar refractivity (Wildman–Crippen MR) is 79.9 cm³/mol. The van der Waals surface area contributed by atoms with Crippen LogP contribution in [0.2, 0.25) is 0 Å². The molecule has 0 aliphatic heterocycles. The molecule has 0 spiro atoms. The third kappa shape index (κ3) is 3.60. The fourth-order valence-corrected chi connectivity index (χ4v) is 3.24. The van der Waals surface area contributed by atoms with Gasteiger partial charge in [-0.25, -0.2) is 0 Å². The van der Waals surface area contributed by atoms with Gasteiger partial charge in [-0.15, -0.1) is 0 Å². The summed E-state index contributed by atoms with van der Waals surface area (Å²) >= 11 is 0. The number of halogens is 3. The molecule has 0 radical (unpaired) electrons. The number of benzene rings is 1. The molecular formula is C17H16F3NO3. The fourth-order valence-electron chi connectivity index (χ4n) is 3.24. The zero-order valence-electron chi connectivity index (χ0n) is 12.7. The second kappa shape index (κ2) is 6.30. The Kier molecular flexibility index (Phi) is 4.34. The Morgan fingerprint density at radius 2 is 1.83 bits per heavy atom. The molecule has 1 aromatic carbocycles. The highest BCUT2D eigenvalue weighted by molar-refractivity contribution is 5.93. The summed E-state index contributed by atoms with van der Waals surface area (Å²) < 4.78 is 42.4. The molecule has 0 saturated heterocycles. The SMILES string of the molecule is O=C(COC(=O)[C@@H]1C[C@H]2C=C[C@H]1C2)Nc1ccc(C(F)(F)F)cc1. The number of amides is 1. The average Bonchev–Trinajstić information content (AvgIpc) is 3.15. The minimum absolute atomic E-state index is 0.195. The number of nitrogens with one attached hydrogen (secondary N) is 1. The molecule has 0 heterocycles. The van der Waals surface area contributed by atoms with Crippen LogP contribution in [0.25, 0.3) is 0 Å². The molecule has 1 aromatic rings. The molecule has 128 valence electrons. The molecule has 0 unspecified atom stereocenters. The molecule has 3 atom stereocenters. The number of esters is 1. The van der Waals surface area contributed by atoms with Crippen molar-refractivity contribution in [3.05, 3.63) is 42.0 Å². The van der Waals surface area contributed by atoms with Crippen molar-refractivity contribution in [2.75, 3.05) is 11.9 Å². The van der Waals surface area contributed by atoms with E-state index < -0.39 is 30.2 Å². The molecule has 1 N–H and O–H groups in total. The standard InChI is InChI=1S/C17H16F3NO3/c18-17(19,20)12-3-5-13(6-4-12)21-15(22)9-24-16(23)14-8-10-1-2-11(14)7-10/h1-6,10-11,14H,7-9H2,(H,21,22)/t10-,11-,14+/m0/s1. The highest BCUT2D eigenvalue weighted by Gasteiger charge is 2.40. The zero-order valence-corrected chi connectivity index (χ0v) is 12.7. The topological polar surface area (TPSA) is 55.4 Å². The van der Waals surface area contributed by atoms with E-state index in [2.05, 4.69) is 11.4 Å². The maximum atomic E-state index is 12.5. The second-order valence-corrected chi connectivity index (χ2v) is 6.12. The number of fused-ring (bicyclic) bond motifs is 2. The molecule has 3 rings (SSSR count). The van der Waals surface area contributed by atoms with E-state index in [-0.39, 0.29) is 17.5 Å². The Morgan fingerprint density at radius 1 is 1.12 bits per heavy atom. The van der Waals surface area contributed by atoms with E-state index in [0.717, 1.165) is 37.1 Å². The first kappa shape index (κ1) is 16.5. The number of alkyl halides is 3. The van der Waals surface area contributed by atoms with Crippen molar-refractivity contribution in [2.24, 2.45) is 17.8 Å². The Bertz CT molecular complexity index is 667. The van der Waals surface area contributed by atoms with Gasteiger partial charge in [0.25, 0.3) is 5.91 Å². The van der Waals surface area contributed by atoms with E-state index in [1.54, 1.807) is 0 Å². The molecule has 2 aliphatic rings. The molecule has 1 saturated carbocycles. The van der Waals surface area contributed by atoms with Crippen LogP contribution in [-0.4, -0.2) is 18.5 Å². The second-order valence-electron chi connectivity index (χ2n) is 6.12. The molecule has 1 amide bonds. The number of ether oxygens (including phenoxy) is 1. The Labute approximate surface area is 136 Å². The van der Waals surface area contributed by atoms with Crippen molar-refractivity contribution < 1.29 is 27.5 Å². The van der Waals surface area contributed by atoms with E-state index in [1.165, 1.54) is 0 Å². The summed E-state index contributed by atoms with van der Waals surface area (Å²) in [6.45, 7) is -0.447. The molecule has 2 aliphatic carbocycles. The summed E-state index contributed by atoms with van der Waals surface area (Å²) in [5.74, 6) is -0.552. The first-order chi connectivity index (χ1) is 11.3. The van der Waals surface area contributed by atoms with Crippen molar-refractivity contribution in [1.82, 2.24) is 0 Å². The van der Waals surface area contributed by atoms with Crippen LogP contribution in [0.5, 0.6) is 0 Å². The van der Waals surface area contributed by atoms with Gasteiger partial charge in [-0.3, -0.25) is 9.59 Å². The number of carbonyl (C=O) groups excluding carboxylic acids is 2. The quantitative estimate of drug-likeness (QED) is 0.676. The van der Waals surface area contributed by atoms with Crippen molar-refractivity contribution in [3.63, 3.8) is 0 Å². The smallest absolute Gasteiger partial charge is 0.416 e. The molecule has 1 fully saturated rings. The van der Waals surface area contributed by atoms with E-state index in [4.69, 9.17) is 4.74 Å². The number of hydrogen-bond donors (Lipinski definition) is 1. The number of allylic oxidation sites excluding steroid dienone is 2. The summed E-state index contributed by atoms with van der Waals surface area (Å²) in [6, 6.07) is 4.07. The normalized spacial score (nSPS) is 24.9. The summed E-state index contributed by atoms with van der Waals surface area (Å²) in [6.07, 6.45) is 1.40. The number of carbonyl (C=O) groups is 2. The van der Waals surface area contributed by atoms with Crippen LogP contribution in [0.4, 0.5) is 18.9 Å². The number of hydrogen-bond acceptors (Lipinski definition) is 3. The average molecular weight is 339 g/mol. The summed E-state index contributed by atoms with van der Waals surface area (Å²) in [5, 5.41) is 2.40. The maximum absolute atomic E-state index is 12.5. The van der Waals surface area contributed by atoms with Crippen LogP contribution >= 0.6 is 0 Å². The van der Waals surface area contributed by atoms with Crippen LogP contribution < -0.4 is 5.32 Å². The van der Waals surface area contributed by atoms with Crippen molar-refractivity contribution in [2.45, 2.75) is 19.0 Å². The summed E-state index contributed by atoms with van der Waals surface area (Å²) in [5.41, 5.74) is -0.580. The van der Waals surface area contributed by atoms with Gasteiger partial charge < -0.3 is 10.1 Å². The summed E-state index contributed by atoms with van der Waals surface area (Å²) in [4.78, 5) is 23.7. The van der Waals surface area contributed by atoms with Crippen LogP contribution in [-0.2, 0) is 20.5 Å². The van der Waals surface area contributed by atoms with Gasteiger partial charge in [-0.05, 0) is 48.9 Å². The van der Waals surface area contributed by atoms with Crippen LogP contribution in [0.3, 0.4) is 0 Å². The molecule has 7 heteroatoms. The highest BCUT2D eigenvalue weighted by Crippen LogP contribution is 2.43. The predicted octanol–water partition coefficient (Wildman–Crippen LogP) is 3.40. The van der Waals surface area contributed by atoms with E-state index in [1.807, 2.05) is 6.08 Å². The molecule has 24 heavy (non-hydrogen) atoms. The van der Waals surface area contributed by atoms with Gasteiger partial charge in [0.2, 0.25) is 0 Å². The number of anilines is 1. The van der Waals surface area contributed by atoms with E-state index >= 15 is 0 Å². The Hall–Kier alpha value is -2.31. The van der Waals surface area contributed by atoms with Gasteiger partial charge in [0.05, 0.1) is 11.5 Å². The van der Waals surface area contributed by atoms with Crippen molar-refractivity contribution >= 4 is 17.6 Å². The third-order valence-electron chi connectivity index (χ3n) is 4.42. The monoisotopic (exact) mass is 339 g/mol. The third-order valence-corrected chi connectivity index (χ3v) is 4.42. The minimum atomic E-state index is -4.42. The lowest BCUT2D eigenvalue weighted by molar-refractivity contribution is -0.152. The first-order valence-electron chi connectivity index (χ1n) is 7.65. The van der Waals surface area contributed by atoms with E-state index in [9.17, 15) is 22.8 Å². The van der Waals surface area contributed by atoms with Gasteiger partial charge in [-0.2, -0.15) is 13.2 Å². The Morgan fingerprint density at radius 3 is 2.38 bits per heavy atom. The summed E-state index contributed by atoms with van der Waals surface area (Å²) in [7, 11) is 0. The molecule has 4 nitrogen and oxygen atoms in total. The first-order valence-corrected chi connectivity index (χ1v) is 7.65. The lowest BCUT2D eigenvalue weighted by atomic mass is 9.94. The molecule has 2 bridgehead atoms. The van der Waals surface area contributed by atoms with Gasteiger partial charge in [-0.1, -0.05) is 12.2 Å². The van der Waals surface area contributed by atoms with E-state index in [0.29, 0.717) is 5.92 Å². The number of rotatable bonds is 4. The maximum Gasteiger partial charge on any atom is 0.416 e. The van der Waals surface area contributed by atoms with Crippen LogP contribution in [0, 0.1) is 17.8 Å².